The molecule has 1 saturated heterocycles. The summed E-state index contributed by atoms with van der Waals surface area (Å²) in [6, 6.07) is 24.8. The second kappa shape index (κ2) is 17.4. The van der Waals surface area contributed by atoms with Crippen LogP contribution in [0, 0.1) is 11.8 Å². The Balaban J connectivity index is 1.67. The highest BCUT2D eigenvalue weighted by Gasteiger charge is 2.60. The van der Waals surface area contributed by atoms with E-state index in [1.165, 1.54) is 6.92 Å². The predicted molar refractivity (Wildman–Crippen MR) is 184 cm³/mol. The van der Waals surface area contributed by atoms with Crippen LogP contribution >= 0.6 is 23.5 Å². The molecule has 0 bridgehead atoms. The van der Waals surface area contributed by atoms with E-state index in [0.717, 1.165) is 17.9 Å². The lowest BCUT2D eigenvalue weighted by Gasteiger charge is -2.50. The van der Waals surface area contributed by atoms with Crippen LogP contribution < -0.4 is 0 Å². The van der Waals surface area contributed by atoms with Crippen molar-refractivity contribution in [3.8, 4) is 0 Å². The van der Waals surface area contributed by atoms with Crippen molar-refractivity contribution in [3.05, 3.63) is 108 Å². The lowest BCUT2D eigenvalue weighted by atomic mass is 9.71. The van der Waals surface area contributed by atoms with Crippen molar-refractivity contribution in [2.45, 2.75) is 55.7 Å². The quantitative estimate of drug-likeness (QED) is 0.171. The molecule has 258 valence electrons. The van der Waals surface area contributed by atoms with Crippen LogP contribution in [0.2, 0.25) is 0 Å². The molecule has 3 aromatic carbocycles. The smallest absolute Gasteiger partial charge is 0.338 e. The van der Waals surface area contributed by atoms with E-state index in [-0.39, 0.29) is 34.3 Å². The second-order valence-electron chi connectivity index (χ2n) is 11.5. The van der Waals surface area contributed by atoms with Gasteiger partial charge in [0.2, 0.25) is 0 Å². The van der Waals surface area contributed by atoms with Gasteiger partial charge in [-0.2, -0.15) is 0 Å². The standard InChI is InChI=1S/C37H38O10S2/c1-3-43-28(39)22-27-29(37-48-20-13-21-49-37)31(46-35(41)25-16-9-5-10-17-25)33(47-36(42)26-18-11-6-12-19-26)32(44-23(2)38)30(27)45-34(40)24-14-7-4-8-15-24/h4-12,14-19,27,29-33,37H,3,13,20-22H2,1-2H3/t27-,29+,30+,31-,32-,33+/m1/s1. The van der Waals surface area contributed by atoms with Gasteiger partial charge in [-0.15, -0.1) is 23.5 Å². The summed E-state index contributed by atoms with van der Waals surface area (Å²) in [6.07, 6.45) is -4.72. The third kappa shape index (κ3) is 9.24. The molecule has 2 fully saturated rings. The molecule has 1 saturated carbocycles. The van der Waals surface area contributed by atoms with Crippen LogP contribution in [-0.2, 0) is 33.3 Å². The molecular weight excluding hydrogens is 669 g/mol. The van der Waals surface area contributed by atoms with Crippen LogP contribution in [0.1, 0.15) is 57.8 Å². The Labute approximate surface area is 293 Å². The average molecular weight is 707 g/mol. The normalized spacial score (nSPS) is 23.8. The largest absolute Gasteiger partial charge is 0.466 e. The van der Waals surface area contributed by atoms with E-state index in [1.807, 2.05) is 0 Å². The van der Waals surface area contributed by atoms with Crippen LogP contribution in [0.25, 0.3) is 0 Å². The molecule has 0 amide bonds. The van der Waals surface area contributed by atoms with E-state index in [2.05, 4.69) is 0 Å². The van der Waals surface area contributed by atoms with Crippen molar-refractivity contribution in [3.63, 3.8) is 0 Å². The lowest BCUT2D eigenvalue weighted by Crippen LogP contribution is -2.65. The van der Waals surface area contributed by atoms with Crippen molar-refractivity contribution in [2.24, 2.45) is 11.8 Å². The molecule has 6 atom stereocenters. The highest BCUT2D eigenvalue weighted by Crippen LogP contribution is 2.49. The van der Waals surface area contributed by atoms with Gasteiger partial charge < -0.3 is 23.7 Å². The molecule has 2 aliphatic rings. The number of thioether (sulfide) groups is 2. The maximum atomic E-state index is 13.8. The Morgan fingerprint density at radius 3 is 1.49 bits per heavy atom. The number of hydrogen-bond acceptors (Lipinski definition) is 12. The summed E-state index contributed by atoms with van der Waals surface area (Å²) in [5.74, 6) is -3.53. The molecule has 5 rings (SSSR count). The second-order valence-corrected chi connectivity index (χ2v) is 14.3. The summed E-state index contributed by atoms with van der Waals surface area (Å²) in [6.45, 7) is 2.96. The zero-order valence-corrected chi connectivity index (χ0v) is 28.8. The molecule has 0 radical (unpaired) electrons. The molecule has 0 spiro atoms. The minimum absolute atomic E-state index is 0.106. The number of benzene rings is 3. The summed E-state index contributed by atoms with van der Waals surface area (Å²) in [5, 5.41) is 0. The SMILES string of the molecule is CCOC(=O)C[C@H]1[C@H](OC(=O)c2ccccc2)[C@@H](OC(C)=O)[C@@H](OC(=O)c2ccccc2)[C@H](OC(=O)c2ccccc2)[C@H]1C1SCCCS1. The molecule has 0 N–H and O–H groups in total. The predicted octanol–water partition coefficient (Wildman–Crippen LogP) is 5.99. The van der Waals surface area contributed by atoms with Crippen LogP contribution in [0.3, 0.4) is 0 Å². The monoisotopic (exact) mass is 706 g/mol. The maximum absolute atomic E-state index is 13.8. The van der Waals surface area contributed by atoms with Gasteiger partial charge in [0.1, 0.15) is 12.2 Å². The molecule has 3 aromatic rings. The van der Waals surface area contributed by atoms with Gasteiger partial charge in [-0.05, 0) is 61.2 Å². The van der Waals surface area contributed by atoms with E-state index in [9.17, 15) is 24.0 Å². The Bertz CT molecular complexity index is 1580. The van der Waals surface area contributed by atoms with Gasteiger partial charge in [-0.3, -0.25) is 9.59 Å². The van der Waals surface area contributed by atoms with Crippen molar-refractivity contribution in [1.29, 1.82) is 0 Å². The Kier molecular flexibility index (Phi) is 12.8. The fourth-order valence-electron chi connectivity index (χ4n) is 6.11. The fraction of sp³-hybridized carbons (Fsp3) is 0.378. The van der Waals surface area contributed by atoms with Crippen molar-refractivity contribution >= 4 is 53.4 Å². The molecule has 12 heteroatoms. The van der Waals surface area contributed by atoms with Crippen LogP contribution in [-0.4, -0.2) is 77.0 Å². The number of carbonyl (C=O) groups is 5. The highest BCUT2D eigenvalue weighted by molar-refractivity contribution is 8.17. The van der Waals surface area contributed by atoms with E-state index in [4.69, 9.17) is 23.7 Å². The van der Waals surface area contributed by atoms with Crippen LogP contribution in [0.5, 0.6) is 0 Å². The number of carbonyl (C=O) groups excluding carboxylic acids is 5. The minimum Gasteiger partial charge on any atom is -0.466 e. The average Bonchev–Trinajstić information content (AvgIpc) is 3.12. The Hall–Kier alpha value is -4.29. The third-order valence-electron chi connectivity index (χ3n) is 8.20. The number of ether oxygens (including phenoxy) is 5. The van der Waals surface area contributed by atoms with Gasteiger partial charge in [0.25, 0.3) is 0 Å². The number of rotatable bonds is 11. The van der Waals surface area contributed by atoms with E-state index in [1.54, 1.807) is 121 Å². The molecule has 0 aromatic heterocycles. The third-order valence-corrected chi connectivity index (χ3v) is 11.4. The fourth-order valence-corrected chi connectivity index (χ4v) is 9.50. The first-order valence-corrected chi connectivity index (χ1v) is 18.2. The van der Waals surface area contributed by atoms with E-state index in [0.29, 0.717) is 0 Å². The van der Waals surface area contributed by atoms with Crippen LogP contribution in [0.15, 0.2) is 91.0 Å². The zero-order chi connectivity index (χ0) is 34.8. The van der Waals surface area contributed by atoms with Crippen molar-refractivity contribution in [1.82, 2.24) is 0 Å². The van der Waals surface area contributed by atoms with E-state index < -0.39 is 66.1 Å². The van der Waals surface area contributed by atoms with Crippen molar-refractivity contribution < 1.29 is 47.7 Å². The number of esters is 5. The summed E-state index contributed by atoms with van der Waals surface area (Å²) in [7, 11) is 0. The zero-order valence-electron chi connectivity index (χ0n) is 27.1. The lowest BCUT2D eigenvalue weighted by molar-refractivity contribution is -0.206. The summed E-state index contributed by atoms with van der Waals surface area (Å²) < 4.78 is 29.6. The Morgan fingerprint density at radius 1 is 0.612 bits per heavy atom. The molecule has 1 aliphatic carbocycles. The van der Waals surface area contributed by atoms with E-state index >= 15 is 0 Å². The molecule has 1 heterocycles. The molecular formula is C37H38O10S2. The number of hydrogen-bond donors (Lipinski definition) is 0. The first kappa shape index (κ1) is 36.0. The van der Waals surface area contributed by atoms with Gasteiger partial charge in [0, 0.05) is 18.8 Å². The van der Waals surface area contributed by atoms with Crippen molar-refractivity contribution in [2.75, 3.05) is 18.1 Å². The topological polar surface area (TPSA) is 132 Å². The van der Waals surface area contributed by atoms with Crippen LogP contribution in [0.4, 0.5) is 0 Å². The summed E-state index contributed by atoms with van der Waals surface area (Å²) >= 11 is 3.24. The Morgan fingerprint density at radius 2 is 1.04 bits per heavy atom. The van der Waals surface area contributed by atoms with Gasteiger partial charge >= 0.3 is 29.8 Å². The van der Waals surface area contributed by atoms with Gasteiger partial charge in [0.05, 0.1) is 34.3 Å². The van der Waals surface area contributed by atoms with Gasteiger partial charge in [0.15, 0.2) is 12.2 Å². The van der Waals surface area contributed by atoms with Gasteiger partial charge in [-0.1, -0.05) is 54.6 Å². The molecule has 49 heavy (non-hydrogen) atoms. The first-order chi connectivity index (χ1) is 23.8. The maximum Gasteiger partial charge on any atom is 0.338 e. The molecule has 10 nitrogen and oxygen atoms in total. The molecule has 1 aliphatic heterocycles. The minimum atomic E-state index is -1.46. The summed E-state index contributed by atoms with van der Waals surface area (Å²) in [5.41, 5.74) is 0.691. The highest BCUT2D eigenvalue weighted by atomic mass is 32.2. The van der Waals surface area contributed by atoms with Gasteiger partial charge in [-0.25, -0.2) is 14.4 Å². The molecule has 0 unspecified atom stereocenters. The summed E-state index contributed by atoms with van der Waals surface area (Å²) in [4.78, 5) is 67.3. The first-order valence-electron chi connectivity index (χ1n) is 16.1.